The molecule has 0 heterocycles. The lowest BCUT2D eigenvalue weighted by Crippen LogP contribution is -2.25. The van der Waals surface area contributed by atoms with Gasteiger partial charge in [-0.2, -0.15) is 0 Å². The van der Waals surface area contributed by atoms with Gasteiger partial charge in [-0.05, 0) is 30.0 Å². The molecular formula is C11H18N2. The monoisotopic (exact) mass is 178 g/mol. The number of nitrogens with zero attached hydrogens (tertiary/aromatic N) is 1. The number of hydrazine groups is 1. The second kappa shape index (κ2) is 3.79. The van der Waals surface area contributed by atoms with Crippen molar-refractivity contribution < 1.29 is 0 Å². The highest BCUT2D eigenvalue weighted by molar-refractivity contribution is 5.53. The Balaban J connectivity index is 3.11. The van der Waals surface area contributed by atoms with E-state index in [0.29, 0.717) is 5.92 Å². The molecule has 0 radical (unpaired) electrons. The van der Waals surface area contributed by atoms with Crippen molar-refractivity contribution >= 4 is 5.69 Å². The molecule has 0 spiro atoms. The van der Waals surface area contributed by atoms with Crippen molar-refractivity contribution in [1.29, 1.82) is 0 Å². The third-order valence-electron chi connectivity index (χ3n) is 2.28. The first-order chi connectivity index (χ1) is 6.02. The highest BCUT2D eigenvalue weighted by Crippen LogP contribution is 2.23. The smallest absolute Gasteiger partial charge is 0.0545 e. The molecule has 0 unspecified atom stereocenters. The number of benzene rings is 1. The van der Waals surface area contributed by atoms with Gasteiger partial charge in [0.2, 0.25) is 0 Å². The van der Waals surface area contributed by atoms with Crippen LogP contribution in [0.3, 0.4) is 0 Å². The van der Waals surface area contributed by atoms with Crippen molar-refractivity contribution in [3.63, 3.8) is 0 Å². The normalized spacial score (nSPS) is 10.6. The molecule has 1 aromatic rings. The van der Waals surface area contributed by atoms with Crippen molar-refractivity contribution in [2.45, 2.75) is 26.7 Å². The molecule has 0 aliphatic carbocycles. The van der Waals surface area contributed by atoms with Gasteiger partial charge in [-0.15, -0.1) is 0 Å². The number of aryl methyl sites for hydroxylation is 1. The van der Waals surface area contributed by atoms with Crippen LogP contribution in [-0.2, 0) is 0 Å². The maximum Gasteiger partial charge on any atom is 0.0545 e. The van der Waals surface area contributed by atoms with E-state index >= 15 is 0 Å². The van der Waals surface area contributed by atoms with Gasteiger partial charge in [0, 0.05) is 7.05 Å². The zero-order chi connectivity index (χ0) is 10.0. The van der Waals surface area contributed by atoms with Gasteiger partial charge in [0.15, 0.2) is 0 Å². The summed E-state index contributed by atoms with van der Waals surface area (Å²) in [6, 6.07) is 6.43. The van der Waals surface area contributed by atoms with E-state index in [1.807, 2.05) is 7.05 Å². The molecule has 1 rings (SSSR count). The van der Waals surface area contributed by atoms with Crippen LogP contribution in [0.5, 0.6) is 0 Å². The van der Waals surface area contributed by atoms with Crippen LogP contribution in [0.1, 0.15) is 30.9 Å². The van der Waals surface area contributed by atoms with Gasteiger partial charge in [0.25, 0.3) is 0 Å². The molecule has 0 fully saturated rings. The highest BCUT2D eigenvalue weighted by Gasteiger charge is 2.04. The van der Waals surface area contributed by atoms with Crippen LogP contribution in [0.25, 0.3) is 0 Å². The van der Waals surface area contributed by atoms with E-state index in [-0.39, 0.29) is 0 Å². The van der Waals surface area contributed by atoms with Crippen LogP contribution < -0.4 is 10.9 Å². The van der Waals surface area contributed by atoms with Crippen LogP contribution >= 0.6 is 0 Å². The summed E-state index contributed by atoms with van der Waals surface area (Å²) in [4.78, 5) is 0. The van der Waals surface area contributed by atoms with E-state index in [1.54, 1.807) is 5.01 Å². The highest BCUT2D eigenvalue weighted by atomic mass is 15.4. The summed E-state index contributed by atoms with van der Waals surface area (Å²) in [5, 5.41) is 1.67. The Labute approximate surface area is 80.3 Å². The summed E-state index contributed by atoms with van der Waals surface area (Å²) in [5.41, 5.74) is 3.65. The average Bonchev–Trinajstić information content (AvgIpc) is 2.04. The lowest BCUT2D eigenvalue weighted by Gasteiger charge is -2.17. The number of hydrogen-bond acceptors (Lipinski definition) is 2. The fourth-order valence-corrected chi connectivity index (χ4v) is 1.37. The van der Waals surface area contributed by atoms with E-state index in [9.17, 15) is 0 Å². The molecule has 0 aliphatic rings. The summed E-state index contributed by atoms with van der Waals surface area (Å²) < 4.78 is 0. The van der Waals surface area contributed by atoms with Crippen molar-refractivity contribution in [2.24, 2.45) is 5.84 Å². The van der Waals surface area contributed by atoms with E-state index in [2.05, 4.69) is 39.0 Å². The Bertz CT molecular complexity index is 290. The maximum atomic E-state index is 5.72. The Kier molecular flexibility index (Phi) is 2.94. The van der Waals surface area contributed by atoms with Crippen LogP contribution in [0.4, 0.5) is 5.69 Å². The predicted molar refractivity (Wildman–Crippen MR) is 57.9 cm³/mol. The number of hydrogen-bond donors (Lipinski definition) is 1. The first-order valence-electron chi connectivity index (χ1n) is 4.61. The third kappa shape index (κ3) is 2.22. The summed E-state index contributed by atoms with van der Waals surface area (Å²) in [6.45, 7) is 6.44. The topological polar surface area (TPSA) is 29.3 Å². The second-order valence-electron chi connectivity index (χ2n) is 3.81. The van der Waals surface area contributed by atoms with E-state index in [4.69, 9.17) is 5.84 Å². The first-order valence-corrected chi connectivity index (χ1v) is 4.61. The molecule has 0 bridgehead atoms. The Hall–Kier alpha value is -1.02. The van der Waals surface area contributed by atoms with Crippen LogP contribution in [0.15, 0.2) is 18.2 Å². The van der Waals surface area contributed by atoms with Crippen LogP contribution in [-0.4, -0.2) is 7.05 Å². The number of rotatable bonds is 2. The van der Waals surface area contributed by atoms with Crippen molar-refractivity contribution in [3.05, 3.63) is 29.3 Å². The molecule has 72 valence electrons. The molecule has 2 N–H and O–H groups in total. The molecule has 0 aliphatic heterocycles. The molecule has 1 aromatic carbocycles. The van der Waals surface area contributed by atoms with Crippen LogP contribution in [0, 0.1) is 6.92 Å². The molecule has 0 aromatic heterocycles. The Morgan fingerprint density at radius 2 is 1.92 bits per heavy atom. The minimum absolute atomic E-state index is 0.555. The largest absolute Gasteiger partial charge is 0.314 e. The molecule has 2 nitrogen and oxygen atoms in total. The lowest BCUT2D eigenvalue weighted by molar-refractivity contribution is 0.862. The van der Waals surface area contributed by atoms with Gasteiger partial charge in [0.1, 0.15) is 0 Å². The van der Waals surface area contributed by atoms with Gasteiger partial charge >= 0.3 is 0 Å². The van der Waals surface area contributed by atoms with Crippen molar-refractivity contribution in [3.8, 4) is 0 Å². The van der Waals surface area contributed by atoms with E-state index in [0.717, 1.165) is 5.69 Å². The van der Waals surface area contributed by atoms with Crippen molar-refractivity contribution in [2.75, 3.05) is 12.1 Å². The second-order valence-corrected chi connectivity index (χ2v) is 3.81. The van der Waals surface area contributed by atoms with Gasteiger partial charge in [-0.3, -0.25) is 0 Å². The quantitative estimate of drug-likeness (QED) is 0.556. The zero-order valence-electron chi connectivity index (χ0n) is 8.83. The van der Waals surface area contributed by atoms with E-state index in [1.165, 1.54) is 11.1 Å². The van der Waals surface area contributed by atoms with Gasteiger partial charge in [-0.1, -0.05) is 26.0 Å². The summed E-state index contributed by atoms with van der Waals surface area (Å²) >= 11 is 0. The minimum Gasteiger partial charge on any atom is -0.314 e. The zero-order valence-corrected chi connectivity index (χ0v) is 8.83. The van der Waals surface area contributed by atoms with Crippen LogP contribution in [0.2, 0.25) is 0 Å². The van der Waals surface area contributed by atoms with Gasteiger partial charge < -0.3 is 5.01 Å². The molecule has 13 heavy (non-hydrogen) atoms. The van der Waals surface area contributed by atoms with E-state index < -0.39 is 0 Å². The number of nitrogens with two attached hydrogens (primary N) is 1. The van der Waals surface area contributed by atoms with Crippen molar-refractivity contribution in [1.82, 2.24) is 0 Å². The number of anilines is 1. The molecule has 0 saturated carbocycles. The standard InChI is InChI=1S/C11H18N2/c1-8(2)10-6-5-9(3)11(7-10)13(4)12/h5-8H,12H2,1-4H3. The predicted octanol–water partition coefficient (Wildman–Crippen LogP) is 2.43. The van der Waals surface area contributed by atoms with Gasteiger partial charge in [0.05, 0.1) is 5.69 Å². The average molecular weight is 178 g/mol. The first kappa shape index (κ1) is 10.1. The summed E-state index contributed by atoms with van der Waals surface area (Å²) in [5.74, 6) is 6.27. The Morgan fingerprint density at radius 3 is 2.38 bits per heavy atom. The lowest BCUT2D eigenvalue weighted by atomic mass is 10.0. The fraction of sp³-hybridized carbons (Fsp3) is 0.455. The van der Waals surface area contributed by atoms with Gasteiger partial charge in [-0.25, -0.2) is 5.84 Å². The molecule has 2 heteroatoms. The summed E-state index contributed by atoms with van der Waals surface area (Å²) in [7, 11) is 1.87. The molecular weight excluding hydrogens is 160 g/mol. The summed E-state index contributed by atoms with van der Waals surface area (Å²) in [6.07, 6.45) is 0. The Morgan fingerprint density at radius 1 is 1.31 bits per heavy atom. The molecule has 0 saturated heterocycles. The molecule has 0 amide bonds. The minimum atomic E-state index is 0.555. The third-order valence-corrected chi connectivity index (χ3v) is 2.28. The SMILES string of the molecule is Cc1ccc(C(C)C)cc1N(C)N. The maximum absolute atomic E-state index is 5.72. The fourth-order valence-electron chi connectivity index (χ4n) is 1.37. The molecule has 0 atom stereocenters.